The molecule has 0 aromatic heterocycles. The lowest BCUT2D eigenvalue weighted by Crippen LogP contribution is -2.42. The Morgan fingerprint density at radius 1 is 0.688 bits per heavy atom. The molecule has 1 rings (SSSR count). The van der Waals surface area contributed by atoms with Crippen LogP contribution in [-0.2, 0) is 9.53 Å². The molecule has 32 heavy (non-hydrogen) atoms. The molecule has 0 aliphatic carbocycles. The molecular formula is C29H57NO2. The van der Waals surface area contributed by atoms with Crippen LogP contribution in [0.3, 0.4) is 0 Å². The molecule has 1 N–H and O–H groups in total. The Balaban J connectivity index is 1.81. The number of carbonyl (C=O) groups is 1. The van der Waals surface area contributed by atoms with E-state index in [2.05, 4.69) is 26.1 Å². The molecule has 0 unspecified atom stereocenters. The van der Waals surface area contributed by atoms with Crippen LogP contribution >= 0.6 is 0 Å². The Morgan fingerprint density at radius 2 is 1.06 bits per heavy atom. The van der Waals surface area contributed by atoms with Crippen LogP contribution < -0.4 is 5.32 Å². The lowest BCUT2D eigenvalue weighted by molar-refractivity contribution is -0.162. The number of hydrogen-bond acceptors (Lipinski definition) is 3. The van der Waals surface area contributed by atoms with Crippen LogP contribution in [0.4, 0.5) is 0 Å². The molecule has 1 saturated heterocycles. The molecule has 0 aromatic rings. The van der Waals surface area contributed by atoms with E-state index < -0.39 is 0 Å². The summed E-state index contributed by atoms with van der Waals surface area (Å²) in [6.45, 7) is 8.57. The van der Waals surface area contributed by atoms with Gasteiger partial charge in [0.15, 0.2) is 0 Å². The number of piperidine rings is 1. The van der Waals surface area contributed by atoms with Gasteiger partial charge in [0.25, 0.3) is 0 Å². The third-order valence-electron chi connectivity index (χ3n) is 7.43. The fourth-order valence-electron chi connectivity index (χ4n) is 5.12. The van der Waals surface area contributed by atoms with Crippen LogP contribution in [0.2, 0.25) is 0 Å². The second-order valence-electron chi connectivity index (χ2n) is 10.9. The van der Waals surface area contributed by atoms with E-state index in [9.17, 15) is 4.79 Å². The van der Waals surface area contributed by atoms with E-state index in [4.69, 9.17) is 4.74 Å². The molecule has 1 fully saturated rings. The topological polar surface area (TPSA) is 38.3 Å². The second-order valence-corrected chi connectivity index (χ2v) is 10.9. The summed E-state index contributed by atoms with van der Waals surface area (Å²) in [6.07, 6.45) is 27.5. The first kappa shape index (κ1) is 29.5. The van der Waals surface area contributed by atoms with Gasteiger partial charge in [-0.05, 0) is 46.2 Å². The van der Waals surface area contributed by atoms with Gasteiger partial charge in [-0.2, -0.15) is 0 Å². The first-order valence-electron chi connectivity index (χ1n) is 14.5. The summed E-state index contributed by atoms with van der Waals surface area (Å²) in [5.41, 5.74) is -0.312. The summed E-state index contributed by atoms with van der Waals surface area (Å²) in [5, 5.41) is 3.39. The van der Waals surface area contributed by atoms with E-state index in [0.717, 1.165) is 32.4 Å². The lowest BCUT2D eigenvalue weighted by Gasteiger charge is -2.36. The molecule has 1 heterocycles. The molecule has 1 aliphatic rings. The number of nitrogens with one attached hydrogen (secondary N) is 1. The number of hydrogen-bond donors (Lipinski definition) is 1. The van der Waals surface area contributed by atoms with Crippen molar-refractivity contribution in [3.63, 3.8) is 0 Å². The van der Waals surface area contributed by atoms with E-state index in [1.54, 1.807) is 0 Å². The van der Waals surface area contributed by atoms with Crippen molar-refractivity contribution in [3.8, 4) is 0 Å². The largest absolute Gasteiger partial charge is 0.459 e. The minimum absolute atomic E-state index is 0.00465. The molecule has 0 saturated carbocycles. The molecule has 0 spiro atoms. The fraction of sp³-hybridized carbons (Fsp3) is 0.966. The van der Waals surface area contributed by atoms with Crippen molar-refractivity contribution in [1.82, 2.24) is 5.32 Å². The SMILES string of the molecule is CCCCCCCCCCCCCCCCCCCCC(=O)OC(C)(C)C1CCNCC1. The number of esters is 1. The van der Waals surface area contributed by atoms with Gasteiger partial charge in [-0.3, -0.25) is 4.79 Å². The summed E-state index contributed by atoms with van der Waals surface area (Å²) >= 11 is 0. The highest BCUT2D eigenvalue weighted by Crippen LogP contribution is 2.29. The van der Waals surface area contributed by atoms with Crippen molar-refractivity contribution >= 4 is 5.97 Å². The van der Waals surface area contributed by atoms with E-state index in [0.29, 0.717) is 12.3 Å². The average Bonchev–Trinajstić information content (AvgIpc) is 2.78. The van der Waals surface area contributed by atoms with Crippen molar-refractivity contribution in [2.24, 2.45) is 5.92 Å². The van der Waals surface area contributed by atoms with Crippen molar-refractivity contribution in [2.45, 2.75) is 161 Å². The minimum Gasteiger partial charge on any atom is -0.459 e. The van der Waals surface area contributed by atoms with Gasteiger partial charge in [0.05, 0.1) is 0 Å². The van der Waals surface area contributed by atoms with E-state index >= 15 is 0 Å². The summed E-state index contributed by atoms with van der Waals surface area (Å²) in [5.74, 6) is 0.498. The molecule has 0 amide bonds. The third-order valence-corrected chi connectivity index (χ3v) is 7.43. The third kappa shape index (κ3) is 16.1. The molecule has 0 aromatic carbocycles. The summed E-state index contributed by atoms with van der Waals surface area (Å²) in [4.78, 5) is 12.2. The zero-order valence-corrected chi connectivity index (χ0v) is 22.2. The first-order valence-corrected chi connectivity index (χ1v) is 14.5. The average molecular weight is 452 g/mol. The maximum atomic E-state index is 12.2. The molecule has 190 valence electrons. The molecule has 1 aliphatic heterocycles. The van der Waals surface area contributed by atoms with Crippen LogP contribution in [0, 0.1) is 5.92 Å². The lowest BCUT2D eigenvalue weighted by atomic mass is 9.83. The Bertz CT molecular complexity index is 429. The number of carbonyl (C=O) groups excluding carboxylic acids is 1. The summed E-state index contributed by atoms with van der Waals surface area (Å²) < 4.78 is 5.84. The molecule has 0 atom stereocenters. The predicted octanol–water partition coefficient (Wildman–Crippen LogP) is 8.74. The fourth-order valence-corrected chi connectivity index (χ4v) is 5.12. The highest BCUT2D eigenvalue weighted by Gasteiger charge is 2.33. The van der Waals surface area contributed by atoms with Gasteiger partial charge in [-0.15, -0.1) is 0 Å². The van der Waals surface area contributed by atoms with Crippen LogP contribution in [0.15, 0.2) is 0 Å². The first-order chi connectivity index (χ1) is 15.6. The standard InChI is InChI=1S/C29H57NO2/c1-4-5-6-7-8-9-10-11-12-13-14-15-16-17-18-19-20-21-22-28(31)32-29(2,3)27-23-25-30-26-24-27/h27,30H,4-26H2,1-3H3. The second kappa shape index (κ2) is 19.9. The smallest absolute Gasteiger partial charge is 0.306 e. The van der Waals surface area contributed by atoms with Crippen molar-refractivity contribution < 1.29 is 9.53 Å². The highest BCUT2D eigenvalue weighted by atomic mass is 16.6. The van der Waals surface area contributed by atoms with Crippen LogP contribution in [0.1, 0.15) is 156 Å². The zero-order valence-electron chi connectivity index (χ0n) is 22.2. The highest BCUT2D eigenvalue weighted by molar-refractivity contribution is 5.69. The van der Waals surface area contributed by atoms with Gasteiger partial charge < -0.3 is 10.1 Å². The van der Waals surface area contributed by atoms with Gasteiger partial charge in [0.1, 0.15) is 5.60 Å². The molecular weight excluding hydrogens is 394 g/mol. The van der Waals surface area contributed by atoms with Crippen molar-refractivity contribution in [2.75, 3.05) is 13.1 Å². The van der Waals surface area contributed by atoms with E-state index in [-0.39, 0.29) is 11.6 Å². The van der Waals surface area contributed by atoms with Crippen LogP contribution in [0.25, 0.3) is 0 Å². The minimum atomic E-state index is -0.312. The molecule has 0 bridgehead atoms. The van der Waals surface area contributed by atoms with E-state index in [1.165, 1.54) is 109 Å². The normalized spacial score (nSPS) is 15.2. The van der Waals surface area contributed by atoms with Crippen LogP contribution in [0.5, 0.6) is 0 Å². The van der Waals surface area contributed by atoms with Gasteiger partial charge >= 0.3 is 5.97 Å². The Hall–Kier alpha value is -0.570. The Labute approximate surface area is 201 Å². The summed E-state index contributed by atoms with van der Waals surface area (Å²) in [7, 11) is 0. The maximum absolute atomic E-state index is 12.2. The number of ether oxygens (including phenoxy) is 1. The van der Waals surface area contributed by atoms with Crippen molar-refractivity contribution in [3.05, 3.63) is 0 Å². The van der Waals surface area contributed by atoms with Crippen molar-refractivity contribution in [1.29, 1.82) is 0 Å². The molecule has 0 radical (unpaired) electrons. The van der Waals surface area contributed by atoms with Gasteiger partial charge in [-0.1, -0.05) is 116 Å². The van der Waals surface area contributed by atoms with Gasteiger partial charge in [0, 0.05) is 12.3 Å². The monoisotopic (exact) mass is 451 g/mol. The van der Waals surface area contributed by atoms with Crippen LogP contribution in [-0.4, -0.2) is 24.7 Å². The Kier molecular flexibility index (Phi) is 18.3. The maximum Gasteiger partial charge on any atom is 0.306 e. The zero-order chi connectivity index (χ0) is 23.3. The molecule has 3 heteroatoms. The molecule has 3 nitrogen and oxygen atoms in total. The predicted molar refractivity (Wildman–Crippen MR) is 139 cm³/mol. The Morgan fingerprint density at radius 3 is 1.47 bits per heavy atom. The van der Waals surface area contributed by atoms with E-state index in [1.807, 2.05) is 0 Å². The summed E-state index contributed by atoms with van der Waals surface area (Å²) in [6, 6.07) is 0. The number of rotatable bonds is 21. The van der Waals surface area contributed by atoms with Gasteiger partial charge in [-0.25, -0.2) is 0 Å². The number of unbranched alkanes of at least 4 members (excludes halogenated alkanes) is 17. The quantitative estimate of drug-likeness (QED) is 0.140. The van der Waals surface area contributed by atoms with Gasteiger partial charge in [0.2, 0.25) is 0 Å².